The van der Waals surface area contributed by atoms with E-state index in [1.165, 1.54) is 0 Å². The van der Waals surface area contributed by atoms with Gasteiger partial charge in [0.05, 0.1) is 0 Å². The van der Waals surface area contributed by atoms with E-state index >= 15 is 0 Å². The molecule has 0 aliphatic rings. The van der Waals surface area contributed by atoms with Gasteiger partial charge in [-0.1, -0.05) is 0 Å². The van der Waals surface area contributed by atoms with E-state index < -0.39 is 0 Å². The molecule has 42 valence electrons. The smallest absolute Gasteiger partial charge is 0.870 e. The van der Waals surface area contributed by atoms with Gasteiger partial charge in [0.1, 0.15) is 0 Å². The molecule has 0 saturated carbocycles. The van der Waals surface area contributed by atoms with Gasteiger partial charge >= 0.3 is 37.7 Å². The summed E-state index contributed by atoms with van der Waals surface area (Å²) in [4.78, 5) is 0. The van der Waals surface area contributed by atoms with Crippen LogP contribution in [0.1, 0.15) is 13.8 Å². The van der Waals surface area contributed by atoms with Crippen LogP contribution in [0.3, 0.4) is 0 Å². The normalized spacial score (nSPS) is 5.14. The molecule has 0 unspecified atom stereocenters. The zero-order valence-corrected chi connectivity index (χ0v) is 6.83. The molecule has 0 bridgehead atoms. The fraction of sp³-hybridized carbons (Fsp3) is 1.00. The van der Waals surface area contributed by atoms with E-state index in [4.69, 9.17) is 5.11 Å². The molecule has 0 aromatic rings. The summed E-state index contributed by atoms with van der Waals surface area (Å²) in [6, 6.07) is 0. The number of aliphatic hydroxyl groups excluding tert-OH is 1. The summed E-state index contributed by atoms with van der Waals surface area (Å²) >= 11 is 0. The first-order chi connectivity index (χ1) is 1.73. The van der Waals surface area contributed by atoms with Crippen molar-refractivity contribution in [3.8, 4) is 0 Å². The van der Waals surface area contributed by atoms with Crippen molar-refractivity contribution in [2.24, 2.45) is 0 Å². The summed E-state index contributed by atoms with van der Waals surface area (Å²) in [5.74, 6) is 0. The van der Waals surface area contributed by atoms with E-state index in [9.17, 15) is 0 Å². The average molecular weight is 134 g/mol. The molecule has 0 radical (unpaired) electrons. The minimum Gasteiger partial charge on any atom is -0.870 e. The van der Waals surface area contributed by atoms with Crippen molar-refractivity contribution >= 4 is 37.7 Å². The quantitative estimate of drug-likeness (QED) is 0.460. The summed E-state index contributed by atoms with van der Waals surface area (Å²) in [5, 5.41) is 8.06. The third-order valence-corrected chi connectivity index (χ3v) is 0. The molecule has 0 aromatic heterocycles. The van der Waals surface area contributed by atoms with Gasteiger partial charge in [-0.15, -0.1) is 0 Å². The zero-order valence-electron chi connectivity index (χ0n) is 4.63. The Labute approximate surface area is 73.3 Å². The molecule has 0 amide bonds. The molecule has 0 heterocycles. The maximum Gasteiger partial charge on any atom is 2.00 e. The standard InChI is InChI=1S/C3H8O.Ca.2H2O/c1-3(2)4;;;/h3-4H,1-2H3;;2*1H2/q;+2;;/p-2. The van der Waals surface area contributed by atoms with Gasteiger partial charge in [0.2, 0.25) is 0 Å². The van der Waals surface area contributed by atoms with Crippen LogP contribution in [0.4, 0.5) is 0 Å². The van der Waals surface area contributed by atoms with Crippen molar-refractivity contribution in [3.05, 3.63) is 0 Å². The van der Waals surface area contributed by atoms with Crippen molar-refractivity contribution in [1.82, 2.24) is 0 Å². The van der Waals surface area contributed by atoms with E-state index in [1.54, 1.807) is 13.8 Å². The fourth-order valence-corrected chi connectivity index (χ4v) is 0. The van der Waals surface area contributed by atoms with E-state index in [2.05, 4.69) is 0 Å². The molecule has 4 heteroatoms. The van der Waals surface area contributed by atoms with Crippen LogP contribution in [-0.4, -0.2) is 59.9 Å². The average Bonchev–Trinajstić information content (AvgIpc) is 0.811. The molecular formula is C3H10CaO3. The molecule has 7 heavy (non-hydrogen) atoms. The van der Waals surface area contributed by atoms with Crippen LogP contribution in [0.5, 0.6) is 0 Å². The Hall–Kier alpha value is 1.14. The fourth-order valence-electron chi connectivity index (χ4n) is 0. The van der Waals surface area contributed by atoms with Crippen LogP contribution < -0.4 is 0 Å². The van der Waals surface area contributed by atoms with Crippen LogP contribution in [-0.2, 0) is 0 Å². The minimum atomic E-state index is -0.167. The van der Waals surface area contributed by atoms with Crippen LogP contribution >= 0.6 is 0 Å². The second kappa shape index (κ2) is 15.7. The SMILES string of the molecule is CC(C)O.[Ca+2].[OH-].[OH-]. The second-order valence-corrected chi connectivity index (χ2v) is 1.09. The Balaban J connectivity index is -0.0000000150. The van der Waals surface area contributed by atoms with Gasteiger partial charge in [0.15, 0.2) is 0 Å². The topological polar surface area (TPSA) is 80.2 Å². The molecule has 0 aromatic carbocycles. The number of rotatable bonds is 0. The van der Waals surface area contributed by atoms with Gasteiger partial charge in [-0.25, -0.2) is 0 Å². The molecule has 0 aliphatic heterocycles. The van der Waals surface area contributed by atoms with Crippen LogP contribution in [0.15, 0.2) is 0 Å². The summed E-state index contributed by atoms with van der Waals surface area (Å²) < 4.78 is 0. The van der Waals surface area contributed by atoms with Gasteiger partial charge < -0.3 is 16.1 Å². The van der Waals surface area contributed by atoms with Crippen molar-refractivity contribution in [1.29, 1.82) is 0 Å². The first kappa shape index (κ1) is 24.2. The Morgan fingerprint density at radius 3 is 1.14 bits per heavy atom. The van der Waals surface area contributed by atoms with Crippen molar-refractivity contribution in [2.75, 3.05) is 0 Å². The Morgan fingerprint density at radius 2 is 1.14 bits per heavy atom. The molecule has 0 saturated heterocycles. The third-order valence-electron chi connectivity index (χ3n) is 0. The van der Waals surface area contributed by atoms with E-state index in [1.807, 2.05) is 0 Å². The van der Waals surface area contributed by atoms with Crippen molar-refractivity contribution in [2.45, 2.75) is 20.0 Å². The van der Waals surface area contributed by atoms with Crippen LogP contribution in [0.25, 0.3) is 0 Å². The first-order valence-electron chi connectivity index (χ1n) is 1.41. The molecule has 3 N–H and O–H groups in total. The van der Waals surface area contributed by atoms with Gasteiger partial charge in [-0.2, -0.15) is 0 Å². The molecule has 3 nitrogen and oxygen atoms in total. The molecule has 0 rings (SSSR count). The Bertz CT molecular complexity index is 14.9. The monoisotopic (exact) mass is 134 g/mol. The van der Waals surface area contributed by atoms with Gasteiger partial charge in [-0.3, -0.25) is 0 Å². The summed E-state index contributed by atoms with van der Waals surface area (Å²) in [7, 11) is 0. The maximum atomic E-state index is 8.06. The largest absolute Gasteiger partial charge is 2.00 e. The van der Waals surface area contributed by atoms with Crippen LogP contribution in [0.2, 0.25) is 0 Å². The van der Waals surface area contributed by atoms with Crippen molar-refractivity contribution in [3.63, 3.8) is 0 Å². The predicted octanol–water partition coefficient (Wildman–Crippen LogP) is -0.347. The summed E-state index contributed by atoms with van der Waals surface area (Å²) in [6.45, 7) is 3.44. The van der Waals surface area contributed by atoms with Gasteiger partial charge in [0, 0.05) is 6.10 Å². The van der Waals surface area contributed by atoms with Crippen LogP contribution in [0, 0.1) is 0 Å². The molecular weight excluding hydrogens is 124 g/mol. The summed E-state index contributed by atoms with van der Waals surface area (Å²) in [5.41, 5.74) is 0. The van der Waals surface area contributed by atoms with E-state index in [0.29, 0.717) is 0 Å². The Kier molecular flexibility index (Phi) is 54.3. The first-order valence-corrected chi connectivity index (χ1v) is 1.41. The molecule has 0 atom stereocenters. The molecule has 0 aliphatic carbocycles. The van der Waals surface area contributed by atoms with Gasteiger partial charge in [-0.05, 0) is 13.8 Å². The molecule has 0 spiro atoms. The zero-order chi connectivity index (χ0) is 3.58. The second-order valence-electron chi connectivity index (χ2n) is 1.09. The summed E-state index contributed by atoms with van der Waals surface area (Å²) in [6.07, 6.45) is -0.167. The van der Waals surface area contributed by atoms with E-state index in [-0.39, 0.29) is 54.8 Å². The minimum absolute atomic E-state index is 0. The number of hydrogen-bond donors (Lipinski definition) is 1. The predicted molar refractivity (Wildman–Crippen MR) is 27.0 cm³/mol. The number of hydrogen-bond acceptors (Lipinski definition) is 3. The molecule has 0 fully saturated rings. The third kappa shape index (κ3) is 145. The van der Waals surface area contributed by atoms with Crippen molar-refractivity contribution < 1.29 is 16.1 Å². The maximum absolute atomic E-state index is 8.06. The number of aliphatic hydroxyl groups is 1. The van der Waals surface area contributed by atoms with Gasteiger partial charge in [0.25, 0.3) is 0 Å². The Morgan fingerprint density at radius 1 is 1.14 bits per heavy atom. The van der Waals surface area contributed by atoms with E-state index in [0.717, 1.165) is 0 Å².